The average molecular weight is 275 g/mol. The number of para-hydroxylation sites is 1. The molecule has 0 radical (unpaired) electrons. The van der Waals surface area contributed by atoms with E-state index >= 15 is 0 Å². The molecule has 0 aliphatic carbocycles. The summed E-state index contributed by atoms with van der Waals surface area (Å²) in [5.41, 5.74) is 0.916. The molecule has 0 fully saturated rings. The van der Waals surface area contributed by atoms with Crippen molar-refractivity contribution in [1.29, 1.82) is 0 Å². The lowest BCUT2D eigenvalue weighted by Gasteiger charge is -2.16. The van der Waals surface area contributed by atoms with Crippen LogP contribution in [0.5, 0.6) is 0 Å². The molecule has 6 nitrogen and oxygen atoms in total. The van der Waals surface area contributed by atoms with Gasteiger partial charge in [-0.05, 0) is 12.5 Å². The first kappa shape index (κ1) is 14.0. The Labute approximate surface area is 116 Å². The van der Waals surface area contributed by atoms with Crippen LogP contribution >= 0.6 is 0 Å². The Kier molecular flexibility index (Phi) is 4.34. The fourth-order valence-corrected chi connectivity index (χ4v) is 1.99. The standard InChI is InChI=1S/C14H17N3O3/c1-16(8-4-7-14(19)20)13(18)10-17-12-6-3-2-5-11(12)9-15-17/h2-3,5-6,9H,4,7-8,10H2,1H3,(H,19,20). The summed E-state index contributed by atoms with van der Waals surface area (Å²) in [4.78, 5) is 24.0. The van der Waals surface area contributed by atoms with Crippen LogP contribution in [0.15, 0.2) is 30.5 Å². The van der Waals surface area contributed by atoms with Crippen molar-refractivity contribution in [3.05, 3.63) is 30.5 Å². The Balaban J connectivity index is 1.95. The number of amides is 1. The first-order valence-corrected chi connectivity index (χ1v) is 6.44. The number of benzene rings is 1. The average Bonchev–Trinajstić information content (AvgIpc) is 2.81. The van der Waals surface area contributed by atoms with Crippen LogP contribution in [0, 0.1) is 0 Å². The molecule has 0 saturated heterocycles. The Morgan fingerprint density at radius 1 is 1.35 bits per heavy atom. The third kappa shape index (κ3) is 3.34. The molecule has 2 rings (SSSR count). The first-order valence-electron chi connectivity index (χ1n) is 6.44. The number of hydrogen-bond donors (Lipinski definition) is 1. The number of carbonyl (C=O) groups excluding carboxylic acids is 1. The highest BCUT2D eigenvalue weighted by molar-refractivity contribution is 5.81. The number of carboxylic acids is 1. The predicted octanol–water partition coefficient (Wildman–Crippen LogP) is 1.36. The normalized spacial score (nSPS) is 10.7. The van der Waals surface area contributed by atoms with Gasteiger partial charge < -0.3 is 10.0 Å². The van der Waals surface area contributed by atoms with Gasteiger partial charge in [-0.1, -0.05) is 18.2 Å². The summed E-state index contributed by atoms with van der Waals surface area (Å²) in [6, 6.07) is 7.69. The molecule has 20 heavy (non-hydrogen) atoms. The minimum Gasteiger partial charge on any atom is -0.481 e. The number of hydrogen-bond acceptors (Lipinski definition) is 3. The van der Waals surface area contributed by atoms with E-state index in [4.69, 9.17) is 5.11 Å². The van der Waals surface area contributed by atoms with E-state index in [9.17, 15) is 9.59 Å². The lowest BCUT2D eigenvalue weighted by molar-refractivity contribution is -0.138. The molecular weight excluding hydrogens is 258 g/mol. The summed E-state index contributed by atoms with van der Waals surface area (Å²) in [6.07, 6.45) is 2.26. The molecule has 0 bridgehead atoms. The van der Waals surface area contributed by atoms with Crippen molar-refractivity contribution in [2.45, 2.75) is 19.4 Å². The zero-order valence-corrected chi connectivity index (χ0v) is 11.3. The molecule has 1 N–H and O–H groups in total. The first-order chi connectivity index (χ1) is 9.58. The molecule has 0 unspecified atom stereocenters. The molecule has 0 aliphatic rings. The summed E-state index contributed by atoms with van der Waals surface area (Å²) < 4.78 is 1.66. The quantitative estimate of drug-likeness (QED) is 0.863. The van der Waals surface area contributed by atoms with Crippen LogP contribution in [0.1, 0.15) is 12.8 Å². The fraction of sp³-hybridized carbons (Fsp3) is 0.357. The third-order valence-electron chi connectivity index (χ3n) is 3.15. The topological polar surface area (TPSA) is 75.4 Å². The number of rotatable bonds is 6. The SMILES string of the molecule is CN(CCCC(=O)O)C(=O)Cn1ncc2ccccc21. The lowest BCUT2D eigenvalue weighted by Crippen LogP contribution is -2.31. The van der Waals surface area contributed by atoms with Crippen LogP contribution in [-0.2, 0) is 16.1 Å². The van der Waals surface area contributed by atoms with Gasteiger partial charge in [0.15, 0.2) is 0 Å². The van der Waals surface area contributed by atoms with Gasteiger partial charge in [-0.15, -0.1) is 0 Å². The summed E-state index contributed by atoms with van der Waals surface area (Å²) in [6.45, 7) is 0.599. The van der Waals surface area contributed by atoms with Gasteiger partial charge in [0, 0.05) is 25.4 Å². The monoisotopic (exact) mass is 275 g/mol. The molecule has 1 aromatic heterocycles. The van der Waals surface area contributed by atoms with Crippen molar-refractivity contribution in [3.8, 4) is 0 Å². The van der Waals surface area contributed by atoms with Crippen molar-refractivity contribution < 1.29 is 14.7 Å². The van der Waals surface area contributed by atoms with Crippen molar-refractivity contribution in [3.63, 3.8) is 0 Å². The summed E-state index contributed by atoms with van der Waals surface area (Å²) >= 11 is 0. The van der Waals surface area contributed by atoms with Crippen LogP contribution in [-0.4, -0.2) is 45.3 Å². The Morgan fingerprint density at radius 3 is 2.85 bits per heavy atom. The molecule has 1 heterocycles. The minimum absolute atomic E-state index is 0.0717. The number of carbonyl (C=O) groups is 2. The van der Waals surface area contributed by atoms with Gasteiger partial charge in [0.2, 0.25) is 5.91 Å². The van der Waals surface area contributed by atoms with Crippen molar-refractivity contribution in [2.24, 2.45) is 0 Å². The van der Waals surface area contributed by atoms with E-state index in [1.54, 1.807) is 22.8 Å². The number of aromatic nitrogens is 2. The maximum Gasteiger partial charge on any atom is 0.303 e. The number of aliphatic carboxylic acids is 1. The molecular formula is C14H17N3O3. The second kappa shape index (κ2) is 6.18. The number of likely N-dealkylation sites (N-methyl/N-ethyl adjacent to an activating group) is 1. The molecule has 0 aliphatic heterocycles. The van der Waals surface area contributed by atoms with E-state index < -0.39 is 5.97 Å². The van der Waals surface area contributed by atoms with E-state index in [1.165, 1.54) is 0 Å². The van der Waals surface area contributed by atoms with Gasteiger partial charge >= 0.3 is 5.97 Å². The fourth-order valence-electron chi connectivity index (χ4n) is 1.99. The van der Waals surface area contributed by atoms with Crippen LogP contribution in [0.3, 0.4) is 0 Å². The maximum absolute atomic E-state index is 12.0. The highest BCUT2D eigenvalue weighted by Crippen LogP contribution is 2.12. The van der Waals surface area contributed by atoms with E-state index in [-0.39, 0.29) is 18.9 Å². The van der Waals surface area contributed by atoms with E-state index in [0.29, 0.717) is 13.0 Å². The number of fused-ring (bicyclic) bond motifs is 1. The van der Waals surface area contributed by atoms with Gasteiger partial charge in [0.25, 0.3) is 0 Å². The van der Waals surface area contributed by atoms with E-state index in [2.05, 4.69) is 5.10 Å². The van der Waals surface area contributed by atoms with Crippen molar-refractivity contribution in [2.75, 3.05) is 13.6 Å². The summed E-state index contributed by atoms with van der Waals surface area (Å²) in [7, 11) is 1.68. The second-order valence-electron chi connectivity index (χ2n) is 4.67. The Bertz CT molecular complexity index is 621. The highest BCUT2D eigenvalue weighted by atomic mass is 16.4. The molecule has 1 amide bonds. The maximum atomic E-state index is 12.0. The highest BCUT2D eigenvalue weighted by Gasteiger charge is 2.12. The summed E-state index contributed by atoms with van der Waals surface area (Å²) in [5.74, 6) is -0.923. The third-order valence-corrected chi connectivity index (χ3v) is 3.15. The van der Waals surface area contributed by atoms with E-state index in [1.807, 2.05) is 24.3 Å². The molecule has 1 aromatic carbocycles. The van der Waals surface area contributed by atoms with E-state index in [0.717, 1.165) is 10.9 Å². The molecule has 6 heteroatoms. The molecule has 0 spiro atoms. The zero-order chi connectivity index (χ0) is 14.5. The van der Waals surface area contributed by atoms with Gasteiger partial charge in [-0.2, -0.15) is 5.10 Å². The molecule has 0 atom stereocenters. The van der Waals surface area contributed by atoms with Gasteiger partial charge in [0.1, 0.15) is 6.54 Å². The molecule has 0 saturated carbocycles. The second-order valence-corrected chi connectivity index (χ2v) is 4.67. The van der Waals surface area contributed by atoms with Crippen molar-refractivity contribution in [1.82, 2.24) is 14.7 Å². The number of carboxylic acid groups (broad SMARTS) is 1. The lowest BCUT2D eigenvalue weighted by atomic mass is 10.2. The molecule has 2 aromatic rings. The largest absolute Gasteiger partial charge is 0.481 e. The summed E-state index contributed by atoms with van der Waals surface area (Å²) in [5, 5.41) is 13.8. The zero-order valence-electron chi connectivity index (χ0n) is 11.3. The van der Waals surface area contributed by atoms with Gasteiger partial charge in [0.05, 0.1) is 11.7 Å². The smallest absolute Gasteiger partial charge is 0.303 e. The minimum atomic E-state index is -0.844. The predicted molar refractivity (Wildman–Crippen MR) is 74.2 cm³/mol. The Morgan fingerprint density at radius 2 is 2.10 bits per heavy atom. The van der Waals surface area contributed by atoms with Gasteiger partial charge in [-0.25, -0.2) is 0 Å². The number of nitrogens with zero attached hydrogens (tertiary/aromatic N) is 3. The molecule has 106 valence electrons. The van der Waals surface area contributed by atoms with Crippen LogP contribution in [0.2, 0.25) is 0 Å². The van der Waals surface area contributed by atoms with Gasteiger partial charge in [-0.3, -0.25) is 14.3 Å². The van der Waals surface area contributed by atoms with Crippen LogP contribution in [0.25, 0.3) is 10.9 Å². The Hall–Kier alpha value is -2.37. The van der Waals surface area contributed by atoms with Crippen LogP contribution < -0.4 is 0 Å². The van der Waals surface area contributed by atoms with Crippen LogP contribution in [0.4, 0.5) is 0 Å². The van der Waals surface area contributed by atoms with Crippen molar-refractivity contribution >= 4 is 22.8 Å².